The third-order valence-electron chi connectivity index (χ3n) is 2.97. The van der Waals surface area contributed by atoms with Gasteiger partial charge in [0.05, 0.1) is 32.4 Å². The largest absolute Gasteiger partial charge is 0.497 e. The van der Waals surface area contributed by atoms with Crippen LogP contribution in [0.4, 0.5) is 0 Å². The third-order valence-corrected chi connectivity index (χ3v) is 2.97. The first-order valence-corrected chi connectivity index (χ1v) is 6.17. The van der Waals surface area contributed by atoms with Gasteiger partial charge in [-0.3, -0.25) is 4.79 Å². The van der Waals surface area contributed by atoms with Gasteiger partial charge in [-0.25, -0.2) is 0 Å². The summed E-state index contributed by atoms with van der Waals surface area (Å²) in [6, 6.07) is 4.71. The molecule has 0 saturated carbocycles. The van der Waals surface area contributed by atoms with Crippen molar-refractivity contribution in [3.8, 4) is 11.5 Å². The molecule has 0 spiro atoms. The van der Waals surface area contributed by atoms with Crippen molar-refractivity contribution in [2.45, 2.75) is 19.9 Å². The first kappa shape index (κ1) is 15.3. The molecule has 1 amide bonds. The molecule has 0 aliphatic rings. The van der Waals surface area contributed by atoms with Crippen LogP contribution in [0.2, 0.25) is 0 Å². The van der Waals surface area contributed by atoms with Crippen molar-refractivity contribution in [2.75, 3.05) is 20.8 Å². The molecule has 1 aromatic rings. The van der Waals surface area contributed by atoms with Crippen LogP contribution in [0, 0.1) is 5.92 Å². The van der Waals surface area contributed by atoms with Crippen LogP contribution in [0.3, 0.4) is 0 Å². The molecule has 0 radical (unpaired) electrons. The molecule has 5 nitrogen and oxygen atoms in total. The lowest BCUT2D eigenvalue weighted by molar-refractivity contribution is 0.0893. The highest BCUT2D eigenvalue weighted by Gasteiger charge is 2.19. The Morgan fingerprint density at radius 2 is 2.00 bits per heavy atom. The highest BCUT2D eigenvalue weighted by Crippen LogP contribution is 2.24. The molecular formula is C14H21NO4. The maximum atomic E-state index is 12.2. The van der Waals surface area contributed by atoms with Gasteiger partial charge in [0.25, 0.3) is 5.91 Å². The van der Waals surface area contributed by atoms with Gasteiger partial charge in [0.15, 0.2) is 0 Å². The highest BCUT2D eigenvalue weighted by atomic mass is 16.5. The van der Waals surface area contributed by atoms with E-state index in [1.165, 1.54) is 7.11 Å². The van der Waals surface area contributed by atoms with Crippen molar-refractivity contribution in [3.63, 3.8) is 0 Å². The number of carbonyl (C=O) groups excluding carboxylic acids is 1. The predicted molar refractivity (Wildman–Crippen MR) is 72.7 cm³/mol. The molecule has 0 aliphatic heterocycles. The van der Waals surface area contributed by atoms with Gasteiger partial charge in [0, 0.05) is 6.07 Å². The Morgan fingerprint density at radius 1 is 1.32 bits per heavy atom. The number of amides is 1. The normalized spacial score (nSPS) is 12.1. The minimum atomic E-state index is -0.278. The average molecular weight is 267 g/mol. The fraction of sp³-hybridized carbons (Fsp3) is 0.500. The van der Waals surface area contributed by atoms with Gasteiger partial charge in [0.2, 0.25) is 0 Å². The number of methoxy groups -OCH3 is 2. The van der Waals surface area contributed by atoms with Crippen molar-refractivity contribution >= 4 is 5.91 Å². The molecule has 0 aliphatic carbocycles. The third kappa shape index (κ3) is 3.86. The van der Waals surface area contributed by atoms with Gasteiger partial charge < -0.3 is 19.9 Å². The van der Waals surface area contributed by atoms with Crippen molar-refractivity contribution < 1.29 is 19.4 Å². The van der Waals surface area contributed by atoms with E-state index in [9.17, 15) is 9.90 Å². The summed E-state index contributed by atoms with van der Waals surface area (Å²) in [5.41, 5.74) is 0.419. The first-order chi connectivity index (χ1) is 9.03. The number of aliphatic hydroxyl groups is 1. The quantitative estimate of drug-likeness (QED) is 0.818. The number of ether oxygens (including phenoxy) is 2. The van der Waals surface area contributed by atoms with E-state index in [1.807, 2.05) is 13.8 Å². The van der Waals surface area contributed by atoms with Crippen molar-refractivity contribution in [3.05, 3.63) is 23.8 Å². The van der Waals surface area contributed by atoms with Gasteiger partial charge in [-0.1, -0.05) is 13.8 Å². The number of aliphatic hydroxyl groups excluding tert-OH is 1. The van der Waals surface area contributed by atoms with Crippen molar-refractivity contribution in [1.82, 2.24) is 5.32 Å². The summed E-state index contributed by atoms with van der Waals surface area (Å²) in [4.78, 5) is 12.2. The smallest absolute Gasteiger partial charge is 0.255 e. The first-order valence-electron chi connectivity index (χ1n) is 6.17. The summed E-state index contributed by atoms with van der Waals surface area (Å²) in [5, 5.41) is 12.0. The summed E-state index contributed by atoms with van der Waals surface area (Å²) in [5.74, 6) is 0.943. The Hall–Kier alpha value is -1.75. The molecule has 0 saturated heterocycles. The fourth-order valence-corrected chi connectivity index (χ4v) is 1.66. The second-order valence-corrected chi connectivity index (χ2v) is 4.57. The standard InChI is InChI=1S/C14H21NO4/c1-9(2)12(8-16)15-14(17)11-6-5-10(18-3)7-13(11)19-4/h5-7,9,12,16H,8H2,1-4H3,(H,15,17). The van der Waals surface area contributed by atoms with Gasteiger partial charge in [-0.05, 0) is 18.1 Å². The van der Waals surface area contributed by atoms with E-state index in [1.54, 1.807) is 25.3 Å². The second-order valence-electron chi connectivity index (χ2n) is 4.57. The molecule has 1 aromatic carbocycles. The van der Waals surface area contributed by atoms with Gasteiger partial charge in [-0.2, -0.15) is 0 Å². The summed E-state index contributed by atoms with van der Waals surface area (Å²) < 4.78 is 10.3. The maximum Gasteiger partial charge on any atom is 0.255 e. The van der Waals surface area contributed by atoms with Crippen LogP contribution in [0.25, 0.3) is 0 Å². The Labute approximate surface area is 113 Å². The Kier molecular flexibility index (Phi) is 5.63. The SMILES string of the molecule is COc1ccc(C(=O)NC(CO)C(C)C)c(OC)c1. The Balaban J connectivity index is 2.93. The van der Waals surface area contributed by atoms with Gasteiger partial charge in [0.1, 0.15) is 11.5 Å². The van der Waals surface area contributed by atoms with E-state index in [2.05, 4.69) is 5.32 Å². The number of hydrogen-bond acceptors (Lipinski definition) is 4. The topological polar surface area (TPSA) is 67.8 Å². The summed E-state index contributed by atoms with van der Waals surface area (Å²) in [6.45, 7) is 3.78. The molecule has 1 unspecified atom stereocenters. The van der Waals surface area contributed by atoms with Gasteiger partial charge >= 0.3 is 0 Å². The monoisotopic (exact) mass is 267 g/mol. The minimum Gasteiger partial charge on any atom is -0.497 e. The molecule has 2 N–H and O–H groups in total. The second kappa shape index (κ2) is 6.99. The molecule has 106 valence electrons. The molecule has 0 bridgehead atoms. The zero-order chi connectivity index (χ0) is 14.4. The lowest BCUT2D eigenvalue weighted by Gasteiger charge is -2.20. The Morgan fingerprint density at radius 3 is 2.47 bits per heavy atom. The number of hydrogen-bond donors (Lipinski definition) is 2. The molecular weight excluding hydrogens is 246 g/mol. The summed E-state index contributed by atoms with van der Waals surface area (Å²) >= 11 is 0. The molecule has 0 heterocycles. The van der Waals surface area contributed by atoms with Crippen molar-refractivity contribution in [2.24, 2.45) is 5.92 Å². The molecule has 1 rings (SSSR count). The van der Waals surface area contributed by atoms with E-state index in [-0.39, 0.29) is 24.5 Å². The van der Waals surface area contributed by atoms with Crippen LogP contribution in [0.15, 0.2) is 18.2 Å². The van der Waals surface area contributed by atoms with Crippen LogP contribution >= 0.6 is 0 Å². The van der Waals surface area contributed by atoms with Crippen LogP contribution in [0.5, 0.6) is 11.5 Å². The zero-order valence-corrected chi connectivity index (χ0v) is 11.8. The van der Waals surface area contributed by atoms with E-state index in [0.717, 1.165) is 0 Å². The zero-order valence-electron chi connectivity index (χ0n) is 11.8. The van der Waals surface area contributed by atoms with Crippen LogP contribution in [-0.2, 0) is 0 Å². The van der Waals surface area contributed by atoms with E-state index >= 15 is 0 Å². The highest BCUT2D eigenvalue weighted by molar-refractivity contribution is 5.97. The van der Waals surface area contributed by atoms with Crippen LogP contribution in [0.1, 0.15) is 24.2 Å². The van der Waals surface area contributed by atoms with Gasteiger partial charge in [-0.15, -0.1) is 0 Å². The van der Waals surface area contributed by atoms with E-state index in [0.29, 0.717) is 17.1 Å². The lowest BCUT2D eigenvalue weighted by Crippen LogP contribution is -2.41. The molecule has 19 heavy (non-hydrogen) atoms. The molecule has 1 atom stereocenters. The predicted octanol–water partition coefficient (Wildman–Crippen LogP) is 1.45. The lowest BCUT2D eigenvalue weighted by atomic mass is 10.0. The molecule has 0 aromatic heterocycles. The van der Waals surface area contributed by atoms with E-state index < -0.39 is 0 Å². The summed E-state index contributed by atoms with van der Waals surface area (Å²) in [7, 11) is 3.05. The number of rotatable bonds is 6. The average Bonchev–Trinajstić information content (AvgIpc) is 2.43. The fourth-order valence-electron chi connectivity index (χ4n) is 1.66. The number of nitrogens with one attached hydrogen (secondary N) is 1. The van der Waals surface area contributed by atoms with Crippen LogP contribution < -0.4 is 14.8 Å². The summed E-state index contributed by atoms with van der Waals surface area (Å²) in [6.07, 6.45) is 0. The van der Waals surface area contributed by atoms with Crippen LogP contribution in [-0.4, -0.2) is 37.9 Å². The maximum absolute atomic E-state index is 12.2. The number of benzene rings is 1. The molecule has 0 fully saturated rings. The number of carbonyl (C=O) groups is 1. The van der Waals surface area contributed by atoms with E-state index in [4.69, 9.17) is 9.47 Å². The molecule has 5 heteroatoms. The van der Waals surface area contributed by atoms with Crippen molar-refractivity contribution in [1.29, 1.82) is 0 Å². The Bertz CT molecular complexity index is 431. The minimum absolute atomic E-state index is 0.0954.